The van der Waals surface area contributed by atoms with Gasteiger partial charge in [-0.1, -0.05) is 0 Å². The van der Waals surface area contributed by atoms with Crippen molar-refractivity contribution < 1.29 is 27.5 Å². The molecule has 11 heteroatoms. The standard InChI is InChI=1S/C22H17F3N4O3S/c1-21(2)19(31)28(13-5-4-12(10-26)16(8-13)22(23,24)25)20(33)29(21)14-6-7-15-17(9-14)32-11-27(3)18(15)30/h4-9H,11H2,1-3H3. The zero-order valence-corrected chi connectivity index (χ0v) is 18.5. The van der Waals surface area contributed by atoms with E-state index in [1.165, 1.54) is 21.9 Å². The molecule has 0 aliphatic carbocycles. The lowest BCUT2D eigenvalue weighted by Crippen LogP contribution is -2.44. The van der Waals surface area contributed by atoms with E-state index in [9.17, 15) is 22.8 Å². The highest BCUT2D eigenvalue weighted by Crippen LogP contribution is 2.41. The third-order valence-corrected chi connectivity index (χ3v) is 5.93. The second-order valence-electron chi connectivity index (χ2n) is 8.11. The predicted molar refractivity (Wildman–Crippen MR) is 117 cm³/mol. The molecule has 0 unspecified atom stereocenters. The SMILES string of the molecule is CN1COc2cc(N3C(=S)N(c4ccc(C#N)c(C(F)(F)F)c4)C(=O)C3(C)C)ccc2C1=O. The summed E-state index contributed by atoms with van der Waals surface area (Å²) in [6.07, 6.45) is -4.78. The highest BCUT2D eigenvalue weighted by molar-refractivity contribution is 7.81. The van der Waals surface area contributed by atoms with Gasteiger partial charge >= 0.3 is 6.18 Å². The van der Waals surface area contributed by atoms with E-state index in [1.807, 2.05) is 0 Å². The fourth-order valence-corrected chi connectivity index (χ4v) is 4.36. The maximum Gasteiger partial charge on any atom is 0.417 e. The summed E-state index contributed by atoms with van der Waals surface area (Å²) in [6.45, 7) is 3.24. The van der Waals surface area contributed by atoms with Crippen LogP contribution in [0.3, 0.4) is 0 Å². The Labute approximate surface area is 192 Å². The van der Waals surface area contributed by atoms with E-state index in [0.29, 0.717) is 17.0 Å². The number of nitrogens with zero attached hydrogens (tertiary/aromatic N) is 4. The van der Waals surface area contributed by atoms with Crippen molar-refractivity contribution >= 4 is 40.5 Å². The van der Waals surface area contributed by atoms with Crippen LogP contribution in [0.25, 0.3) is 0 Å². The second-order valence-corrected chi connectivity index (χ2v) is 8.48. The monoisotopic (exact) mass is 474 g/mol. The number of anilines is 2. The Morgan fingerprint density at radius 2 is 1.79 bits per heavy atom. The molecule has 1 fully saturated rings. The van der Waals surface area contributed by atoms with Crippen LogP contribution in [0.2, 0.25) is 0 Å². The van der Waals surface area contributed by atoms with Crippen molar-refractivity contribution in [1.29, 1.82) is 5.26 Å². The summed E-state index contributed by atoms with van der Waals surface area (Å²) in [7, 11) is 1.60. The number of rotatable bonds is 2. The minimum atomic E-state index is -4.78. The number of hydrogen-bond acceptors (Lipinski definition) is 5. The summed E-state index contributed by atoms with van der Waals surface area (Å²) < 4.78 is 46.0. The van der Waals surface area contributed by atoms with E-state index in [4.69, 9.17) is 22.2 Å². The summed E-state index contributed by atoms with van der Waals surface area (Å²) in [5, 5.41) is 9.00. The molecule has 2 aromatic rings. The number of fused-ring (bicyclic) bond motifs is 1. The Hall–Kier alpha value is -3.65. The summed E-state index contributed by atoms with van der Waals surface area (Å²) >= 11 is 5.52. The Morgan fingerprint density at radius 3 is 2.42 bits per heavy atom. The molecule has 4 rings (SSSR count). The van der Waals surface area contributed by atoms with Crippen LogP contribution in [0.5, 0.6) is 5.75 Å². The van der Waals surface area contributed by atoms with Crippen molar-refractivity contribution in [1.82, 2.24) is 4.90 Å². The number of nitriles is 1. The average Bonchev–Trinajstić information content (AvgIpc) is 2.93. The van der Waals surface area contributed by atoms with E-state index < -0.39 is 28.7 Å². The van der Waals surface area contributed by atoms with Crippen molar-refractivity contribution in [2.45, 2.75) is 25.6 Å². The van der Waals surface area contributed by atoms with Crippen molar-refractivity contribution in [2.75, 3.05) is 23.6 Å². The van der Waals surface area contributed by atoms with Gasteiger partial charge in [0.25, 0.3) is 11.8 Å². The van der Waals surface area contributed by atoms with Gasteiger partial charge in [0.15, 0.2) is 11.8 Å². The fourth-order valence-electron chi connectivity index (χ4n) is 3.84. The van der Waals surface area contributed by atoms with Gasteiger partial charge in [-0.3, -0.25) is 14.5 Å². The van der Waals surface area contributed by atoms with Crippen molar-refractivity contribution in [3.8, 4) is 11.8 Å². The number of benzene rings is 2. The van der Waals surface area contributed by atoms with Crippen LogP contribution in [0.15, 0.2) is 36.4 Å². The molecule has 7 nitrogen and oxygen atoms in total. The third kappa shape index (κ3) is 3.47. The number of ether oxygens (including phenoxy) is 1. The third-order valence-electron chi connectivity index (χ3n) is 5.57. The van der Waals surface area contributed by atoms with Gasteiger partial charge in [0.1, 0.15) is 11.3 Å². The molecule has 2 amide bonds. The van der Waals surface area contributed by atoms with E-state index >= 15 is 0 Å². The first-order valence-corrected chi connectivity index (χ1v) is 10.1. The molecule has 0 aromatic heterocycles. The van der Waals surface area contributed by atoms with E-state index in [-0.39, 0.29) is 23.4 Å². The van der Waals surface area contributed by atoms with Gasteiger partial charge in [0, 0.05) is 18.8 Å². The highest BCUT2D eigenvalue weighted by Gasteiger charge is 2.51. The molecular formula is C22H17F3N4O3S. The minimum absolute atomic E-state index is 0.0398. The molecule has 0 saturated carbocycles. The molecule has 2 heterocycles. The Balaban J connectivity index is 1.78. The van der Waals surface area contributed by atoms with Gasteiger partial charge in [-0.25, -0.2) is 0 Å². The lowest BCUT2D eigenvalue weighted by molar-refractivity contribution is -0.137. The topological polar surface area (TPSA) is 76.9 Å². The molecule has 2 aliphatic heterocycles. The first kappa shape index (κ1) is 22.5. The number of halogens is 3. The minimum Gasteiger partial charge on any atom is -0.472 e. The van der Waals surface area contributed by atoms with Crippen molar-refractivity contribution in [3.63, 3.8) is 0 Å². The maximum atomic E-state index is 13.5. The molecule has 0 N–H and O–H groups in total. The molecule has 0 radical (unpaired) electrons. The Morgan fingerprint density at radius 1 is 1.12 bits per heavy atom. The molecular weight excluding hydrogens is 457 g/mol. The fraction of sp³-hybridized carbons (Fsp3) is 0.273. The summed E-state index contributed by atoms with van der Waals surface area (Å²) in [5.74, 6) is -0.446. The van der Waals surface area contributed by atoms with Crippen LogP contribution in [0.4, 0.5) is 24.5 Å². The zero-order chi connectivity index (χ0) is 24.3. The molecule has 0 bridgehead atoms. The van der Waals surface area contributed by atoms with Crippen LogP contribution in [0.1, 0.15) is 35.3 Å². The first-order chi connectivity index (χ1) is 15.4. The molecule has 1 saturated heterocycles. The smallest absolute Gasteiger partial charge is 0.417 e. The summed E-state index contributed by atoms with van der Waals surface area (Å²) in [4.78, 5) is 29.5. The Bertz CT molecular complexity index is 1250. The van der Waals surface area contributed by atoms with Crippen molar-refractivity contribution in [2.24, 2.45) is 0 Å². The van der Waals surface area contributed by atoms with Crippen LogP contribution in [0, 0.1) is 11.3 Å². The second kappa shape index (κ2) is 7.45. The number of hydrogen-bond donors (Lipinski definition) is 0. The van der Waals surface area contributed by atoms with Gasteiger partial charge in [-0.15, -0.1) is 0 Å². The number of carbonyl (C=O) groups excluding carboxylic acids is 2. The number of alkyl halides is 3. The van der Waals surface area contributed by atoms with Gasteiger partial charge in [-0.05, 0) is 56.4 Å². The van der Waals surface area contributed by atoms with Crippen LogP contribution >= 0.6 is 12.2 Å². The Kier molecular flexibility index (Phi) is 5.09. The van der Waals surface area contributed by atoms with Gasteiger partial charge in [-0.2, -0.15) is 18.4 Å². The van der Waals surface area contributed by atoms with E-state index in [0.717, 1.165) is 17.0 Å². The van der Waals surface area contributed by atoms with E-state index in [1.54, 1.807) is 39.1 Å². The molecule has 170 valence electrons. The maximum absolute atomic E-state index is 13.5. The highest BCUT2D eigenvalue weighted by atomic mass is 32.1. The molecule has 2 aromatic carbocycles. The quantitative estimate of drug-likeness (QED) is 0.615. The molecule has 0 spiro atoms. The van der Waals surface area contributed by atoms with Crippen LogP contribution in [-0.2, 0) is 11.0 Å². The number of carbonyl (C=O) groups is 2. The molecule has 0 atom stereocenters. The predicted octanol–water partition coefficient (Wildman–Crippen LogP) is 3.92. The number of amides is 2. The summed E-state index contributed by atoms with van der Waals surface area (Å²) in [5.41, 5.74) is -2.26. The van der Waals surface area contributed by atoms with Crippen LogP contribution in [-0.4, -0.2) is 41.1 Å². The van der Waals surface area contributed by atoms with Gasteiger partial charge in [0.05, 0.1) is 28.4 Å². The summed E-state index contributed by atoms with van der Waals surface area (Å²) in [6, 6.07) is 9.25. The van der Waals surface area contributed by atoms with Gasteiger partial charge in [0.2, 0.25) is 0 Å². The van der Waals surface area contributed by atoms with E-state index in [2.05, 4.69) is 0 Å². The molecule has 33 heavy (non-hydrogen) atoms. The first-order valence-electron chi connectivity index (χ1n) is 9.70. The van der Waals surface area contributed by atoms with Gasteiger partial charge < -0.3 is 14.5 Å². The lowest BCUT2D eigenvalue weighted by Gasteiger charge is -2.31. The van der Waals surface area contributed by atoms with Crippen molar-refractivity contribution in [3.05, 3.63) is 53.1 Å². The average molecular weight is 474 g/mol. The van der Waals surface area contributed by atoms with Crippen LogP contribution < -0.4 is 14.5 Å². The lowest BCUT2D eigenvalue weighted by atomic mass is 10.0. The number of thiocarbonyl (C=S) groups is 1. The molecule has 2 aliphatic rings. The zero-order valence-electron chi connectivity index (χ0n) is 17.7. The largest absolute Gasteiger partial charge is 0.472 e. The normalized spacial score (nSPS) is 17.7.